The van der Waals surface area contributed by atoms with Crippen LogP contribution in [0.2, 0.25) is 0 Å². The lowest BCUT2D eigenvalue weighted by molar-refractivity contribution is -0.143. The summed E-state index contributed by atoms with van der Waals surface area (Å²) in [6.07, 6.45) is 2.42. The number of methoxy groups -OCH3 is 2. The number of rotatable bonds is 6. The summed E-state index contributed by atoms with van der Waals surface area (Å²) in [5, 5.41) is 8.61. The van der Waals surface area contributed by atoms with Gasteiger partial charge in [-0.3, -0.25) is 0 Å². The summed E-state index contributed by atoms with van der Waals surface area (Å²) in [6, 6.07) is 3.18. The molecule has 1 aromatic rings. The summed E-state index contributed by atoms with van der Waals surface area (Å²) in [7, 11) is 2.71. The first-order chi connectivity index (χ1) is 9.47. The van der Waals surface area contributed by atoms with E-state index in [2.05, 4.69) is 20.7 Å². The molecule has 0 saturated carbocycles. The number of carboxylic acids is 1. The van der Waals surface area contributed by atoms with Gasteiger partial charge < -0.3 is 19.3 Å². The van der Waals surface area contributed by atoms with Crippen LogP contribution >= 0.6 is 15.9 Å². The molecule has 1 rings (SSSR count). The average molecular weight is 345 g/mol. The number of carbonyl (C=O) groups is 2. The highest BCUT2D eigenvalue weighted by Gasteiger charge is 2.11. The minimum Gasteiger partial charge on any atom is -0.493 e. The van der Waals surface area contributed by atoms with E-state index >= 15 is 0 Å². The van der Waals surface area contributed by atoms with Crippen LogP contribution < -0.4 is 9.47 Å². The van der Waals surface area contributed by atoms with Gasteiger partial charge in [0.2, 0.25) is 0 Å². The highest BCUT2D eigenvalue weighted by Crippen LogP contribution is 2.34. The first-order valence-corrected chi connectivity index (χ1v) is 6.25. The fourth-order valence-corrected chi connectivity index (χ4v) is 1.76. The van der Waals surface area contributed by atoms with Gasteiger partial charge in [0.1, 0.15) is 0 Å². The Morgan fingerprint density at radius 3 is 2.55 bits per heavy atom. The van der Waals surface area contributed by atoms with Crippen LogP contribution in [-0.2, 0) is 14.3 Å². The molecule has 108 valence electrons. The van der Waals surface area contributed by atoms with Gasteiger partial charge in [0.25, 0.3) is 0 Å². The van der Waals surface area contributed by atoms with Crippen molar-refractivity contribution >= 4 is 33.9 Å². The smallest absolute Gasteiger partial charge is 0.343 e. The molecule has 6 nitrogen and oxygen atoms in total. The third-order valence-corrected chi connectivity index (χ3v) is 2.95. The van der Waals surface area contributed by atoms with E-state index < -0.39 is 11.9 Å². The maximum atomic E-state index is 11.0. The number of carboxylic acid groups (broad SMARTS) is 1. The lowest BCUT2D eigenvalue weighted by atomic mass is 10.2. The summed E-state index contributed by atoms with van der Waals surface area (Å²) in [5.74, 6) is -0.848. The van der Waals surface area contributed by atoms with Crippen LogP contribution in [0, 0.1) is 0 Å². The average Bonchev–Trinajstić information content (AvgIpc) is 2.43. The van der Waals surface area contributed by atoms with Gasteiger partial charge in [-0.1, -0.05) is 15.9 Å². The highest BCUT2D eigenvalue weighted by atomic mass is 79.9. The van der Waals surface area contributed by atoms with Crippen molar-refractivity contribution in [1.29, 1.82) is 0 Å². The van der Waals surface area contributed by atoms with E-state index in [0.29, 0.717) is 21.5 Å². The minimum atomic E-state index is -1.05. The van der Waals surface area contributed by atoms with Crippen molar-refractivity contribution in [2.75, 3.05) is 20.8 Å². The van der Waals surface area contributed by atoms with Crippen LogP contribution in [0.4, 0.5) is 0 Å². The quantitative estimate of drug-likeness (QED) is 0.628. The van der Waals surface area contributed by atoms with E-state index in [1.165, 1.54) is 20.3 Å². The van der Waals surface area contributed by atoms with Gasteiger partial charge in [-0.2, -0.15) is 0 Å². The van der Waals surface area contributed by atoms with Crippen molar-refractivity contribution in [2.24, 2.45) is 0 Å². The predicted molar refractivity (Wildman–Crippen MR) is 74.9 cm³/mol. The van der Waals surface area contributed by atoms with E-state index in [0.717, 1.165) is 6.08 Å². The van der Waals surface area contributed by atoms with Crippen molar-refractivity contribution in [3.05, 3.63) is 28.2 Å². The van der Waals surface area contributed by atoms with E-state index in [1.807, 2.05) is 0 Å². The van der Waals surface area contributed by atoms with Gasteiger partial charge in [-0.15, -0.1) is 0 Å². The van der Waals surface area contributed by atoms with Gasteiger partial charge in [0, 0.05) is 10.5 Å². The lowest BCUT2D eigenvalue weighted by Gasteiger charge is -2.12. The van der Waals surface area contributed by atoms with Crippen molar-refractivity contribution in [1.82, 2.24) is 0 Å². The standard InChI is InChI=1S/C13H13BrO6/c1-18-10-5-8(3-4-12(15)16)9(14)6-11(10)20-7-13(17)19-2/h3-6H,7H2,1-2H3,(H,15,16)/b4-3+. The molecule has 0 aliphatic carbocycles. The third-order valence-electron chi connectivity index (χ3n) is 2.26. The Labute approximate surface area is 124 Å². The summed E-state index contributed by atoms with van der Waals surface area (Å²) >= 11 is 3.29. The van der Waals surface area contributed by atoms with Crippen LogP contribution in [0.5, 0.6) is 11.5 Å². The normalized spacial score (nSPS) is 10.3. The number of carbonyl (C=O) groups excluding carboxylic acids is 1. The third kappa shape index (κ3) is 4.58. The maximum Gasteiger partial charge on any atom is 0.343 e. The van der Waals surface area contributed by atoms with Gasteiger partial charge >= 0.3 is 11.9 Å². The first-order valence-electron chi connectivity index (χ1n) is 5.46. The number of halogens is 1. The SMILES string of the molecule is COC(=O)COc1cc(Br)c(/C=C/C(=O)O)cc1OC. The minimum absolute atomic E-state index is 0.246. The molecule has 0 amide bonds. The predicted octanol–water partition coefficient (Wildman–Crippen LogP) is 2.11. The summed E-state index contributed by atoms with van der Waals surface area (Å²) in [6.45, 7) is -0.246. The number of hydrogen-bond acceptors (Lipinski definition) is 5. The van der Waals surface area contributed by atoms with E-state index in [1.54, 1.807) is 12.1 Å². The number of ether oxygens (including phenoxy) is 3. The zero-order valence-electron chi connectivity index (χ0n) is 10.9. The molecule has 0 atom stereocenters. The maximum absolute atomic E-state index is 11.0. The van der Waals surface area contributed by atoms with Gasteiger partial charge in [-0.25, -0.2) is 9.59 Å². The van der Waals surface area contributed by atoms with E-state index in [-0.39, 0.29) is 6.61 Å². The fourth-order valence-electron chi connectivity index (χ4n) is 1.31. The van der Waals surface area contributed by atoms with Crippen molar-refractivity contribution in [3.63, 3.8) is 0 Å². The van der Waals surface area contributed by atoms with Crippen molar-refractivity contribution in [2.45, 2.75) is 0 Å². The number of esters is 1. The summed E-state index contributed by atoms with van der Waals surface area (Å²) < 4.78 is 15.5. The Morgan fingerprint density at radius 2 is 2.00 bits per heavy atom. The van der Waals surface area contributed by atoms with Crippen LogP contribution in [0.25, 0.3) is 6.08 Å². The molecule has 0 bridgehead atoms. The van der Waals surface area contributed by atoms with E-state index in [4.69, 9.17) is 14.6 Å². The zero-order chi connectivity index (χ0) is 15.1. The Kier molecular flexibility index (Phi) is 6.05. The Balaban J connectivity index is 3.00. The Bertz CT molecular complexity index is 538. The molecule has 0 saturated heterocycles. The molecule has 0 aliphatic rings. The van der Waals surface area contributed by atoms with Gasteiger partial charge in [0.05, 0.1) is 14.2 Å². The summed E-state index contributed by atoms with van der Waals surface area (Å²) in [4.78, 5) is 21.5. The van der Waals surface area contributed by atoms with Gasteiger partial charge in [0.15, 0.2) is 18.1 Å². The molecular formula is C13H13BrO6. The van der Waals surface area contributed by atoms with Crippen LogP contribution in [0.15, 0.2) is 22.7 Å². The van der Waals surface area contributed by atoms with Crippen molar-refractivity contribution < 1.29 is 28.9 Å². The first kappa shape index (κ1) is 16.0. The Morgan fingerprint density at radius 1 is 1.30 bits per heavy atom. The van der Waals surface area contributed by atoms with Crippen LogP contribution in [-0.4, -0.2) is 37.9 Å². The van der Waals surface area contributed by atoms with Crippen molar-refractivity contribution in [3.8, 4) is 11.5 Å². The second kappa shape index (κ2) is 7.54. The molecule has 0 fully saturated rings. The number of benzene rings is 1. The molecule has 0 aliphatic heterocycles. The van der Waals surface area contributed by atoms with Crippen LogP contribution in [0.1, 0.15) is 5.56 Å². The molecule has 0 radical (unpaired) electrons. The Hall–Kier alpha value is -2.02. The molecule has 1 aromatic carbocycles. The lowest BCUT2D eigenvalue weighted by Crippen LogP contribution is -2.13. The molecule has 7 heteroatoms. The molecule has 0 unspecified atom stereocenters. The topological polar surface area (TPSA) is 82.1 Å². The van der Waals surface area contributed by atoms with E-state index in [9.17, 15) is 9.59 Å². The zero-order valence-corrected chi connectivity index (χ0v) is 12.5. The second-order valence-electron chi connectivity index (χ2n) is 3.56. The molecule has 20 heavy (non-hydrogen) atoms. The molecular weight excluding hydrogens is 332 g/mol. The summed E-state index contributed by atoms with van der Waals surface area (Å²) in [5.41, 5.74) is 0.606. The molecule has 1 N–H and O–H groups in total. The fraction of sp³-hybridized carbons (Fsp3) is 0.231. The van der Waals surface area contributed by atoms with Gasteiger partial charge in [-0.05, 0) is 23.8 Å². The molecule has 0 spiro atoms. The molecule has 0 aromatic heterocycles. The largest absolute Gasteiger partial charge is 0.493 e. The highest BCUT2D eigenvalue weighted by molar-refractivity contribution is 9.10. The number of hydrogen-bond donors (Lipinski definition) is 1. The monoisotopic (exact) mass is 344 g/mol. The second-order valence-corrected chi connectivity index (χ2v) is 4.42. The number of aliphatic carboxylic acids is 1. The van der Waals surface area contributed by atoms with Crippen LogP contribution in [0.3, 0.4) is 0 Å². The molecule has 0 heterocycles.